The Morgan fingerprint density at radius 3 is 2.50 bits per heavy atom. The maximum absolute atomic E-state index is 12.2. The number of ketones is 1. The van der Waals surface area contributed by atoms with Crippen molar-refractivity contribution in [1.82, 2.24) is 10.1 Å². The van der Waals surface area contributed by atoms with E-state index in [-0.39, 0.29) is 5.78 Å². The zero-order valence-corrected chi connectivity index (χ0v) is 14.3. The van der Waals surface area contributed by atoms with E-state index < -0.39 is 0 Å². The molecule has 0 amide bonds. The van der Waals surface area contributed by atoms with Gasteiger partial charge >= 0.3 is 0 Å². The van der Waals surface area contributed by atoms with Crippen molar-refractivity contribution in [2.75, 3.05) is 5.75 Å². The van der Waals surface area contributed by atoms with Crippen LogP contribution in [0.5, 0.6) is 0 Å². The first kappa shape index (κ1) is 16.5. The van der Waals surface area contributed by atoms with E-state index in [1.807, 2.05) is 54.6 Å². The van der Waals surface area contributed by atoms with E-state index in [0.29, 0.717) is 28.8 Å². The summed E-state index contributed by atoms with van der Waals surface area (Å²) in [5.74, 6) is 0.927. The molecule has 1 heterocycles. The fourth-order valence-corrected chi connectivity index (χ4v) is 2.96. The molecule has 0 aliphatic rings. The molecule has 4 nitrogen and oxygen atoms in total. The minimum Gasteiger partial charge on any atom is -0.338 e. The van der Waals surface area contributed by atoms with Crippen LogP contribution in [0.1, 0.15) is 34.3 Å². The fourth-order valence-electron chi connectivity index (χ4n) is 2.28. The molecule has 0 N–H and O–H groups in total. The molecule has 0 spiro atoms. The summed E-state index contributed by atoms with van der Waals surface area (Å²) >= 11 is 1.30. The van der Waals surface area contributed by atoms with Crippen molar-refractivity contribution in [3.8, 4) is 0 Å². The van der Waals surface area contributed by atoms with Crippen molar-refractivity contribution in [1.29, 1.82) is 0 Å². The zero-order valence-electron chi connectivity index (χ0n) is 13.4. The van der Waals surface area contributed by atoms with Gasteiger partial charge in [-0.25, -0.2) is 0 Å². The minimum atomic E-state index is 0.0667. The lowest BCUT2D eigenvalue weighted by Crippen LogP contribution is -2.02. The number of aryl methyl sites for hydroxylation is 1. The Labute approximate surface area is 145 Å². The van der Waals surface area contributed by atoms with E-state index in [2.05, 4.69) is 17.1 Å². The number of rotatable bonds is 7. The Morgan fingerprint density at radius 1 is 1.04 bits per heavy atom. The SMILES string of the molecule is CCc1ccc(C(=O)CSc2noc(Cc3ccccc3)n2)cc1. The number of carbonyl (C=O) groups excluding carboxylic acids is 1. The van der Waals surface area contributed by atoms with Gasteiger partial charge in [-0.05, 0) is 17.5 Å². The number of thioether (sulfide) groups is 1. The number of hydrogen-bond acceptors (Lipinski definition) is 5. The van der Waals surface area contributed by atoms with Crippen LogP contribution in [-0.2, 0) is 12.8 Å². The molecule has 0 bridgehead atoms. The van der Waals surface area contributed by atoms with Crippen molar-refractivity contribution in [3.63, 3.8) is 0 Å². The molecule has 122 valence electrons. The normalized spacial score (nSPS) is 10.7. The molecule has 3 aromatic rings. The summed E-state index contributed by atoms with van der Waals surface area (Å²) in [6.45, 7) is 2.09. The number of benzene rings is 2. The van der Waals surface area contributed by atoms with Crippen LogP contribution < -0.4 is 0 Å². The van der Waals surface area contributed by atoms with Crippen LogP contribution in [0.3, 0.4) is 0 Å². The maximum atomic E-state index is 12.2. The number of Topliss-reactive ketones (excluding diaryl/α,β-unsaturated/α-hetero) is 1. The molecule has 2 aromatic carbocycles. The van der Waals surface area contributed by atoms with E-state index in [1.165, 1.54) is 17.3 Å². The van der Waals surface area contributed by atoms with E-state index in [4.69, 9.17) is 4.52 Å². The third-order valence-electron chi connectivity index (χ3n) is 3.66. The second-order valence-electron chi connectivity index (χ2n) is 5.40. The molecular weight excluding hydrogens is 320 g/mol. The van der Waals surface area contributed by atoms with Crippen LogP contribution in [0.15, 0.2) is 64.3 Å². The summed E-state index contributed by atoms with van der Waals surface area (Å²) in [4.78, 5) is 16.5. The Balaban J connectivity index is 1.55. The summed E-state index contributed by atoms with van der Waals surface area (Å²) in [5.41, 5.74) is 3.06. The fraction of sp³-hybridized carbons (Fsp3) is 0.211. The molecule has 5 heteroatoms. The molecule has 24 heavy (non-hydrogen) atoms. The van der Waals surface area contributed by atoms with Crippen LogP contribution >= 0.6 is 11.8 Å². The second-order valence-corrected chi connectivity index (χ2v) is 6.34. The van der Waals surface area contributed by atoms with Gasteiger partial charge in [0.05, 0.1) is 12.2 Å². The highest BCUT2D eigenvalue weighted by molar-refractivity contribution is 7.99. The molecule has 0 aliphatic carbocycles. The van der Waals surface area contributed by atoms with Crippen molar-refractivity contribution in [3.05, 3.63) is 77.2 Å². The first-order valence-electron chi connectivity index (χ1n) is 7.86. The molecule has 0 saturated heterocycles. The number of carbonyl (C=O) groups is 1. The molecule has 0 fully saturated rings. The van der Waals surface area contributed by atoms with E-state index in [0.717, 1.165) is 12.0 Å². The van der Waals surface area contributed by atoms with Crippen molar-refractivity contribution in [2.45, 2.75) is 24.9 Å². The van der Waals surface area contributed by atoms with Crippen LogP contribution in [0, 0.1) is 0 Å². The number of aromatic nitrogens is 2. The summed E-state index contributed by atoms with van der Waals surface area (Å²) in [6, 6.07) is 17.7. The first-order valence-corrected chi connectivity index (χ1v) is 8.84. The topological polar surface area (TPSA) is 56.0 Å². The molecular formula is C19H18N2O2S. The van der Waals surface area contributed by atoms with Gasteiger partial charge in [-0.15, -0.1) is 0 Å². The van der Waals surface area contributed by atoms with Gasteiger partial charge in [0.2, 0.25) is 11.0 Å². The lowest BCUT2D eigenvalue weighted by Gasteiger charge is -2.00. The Hall–Kier alpha value is -2.40. The molecule has 0 atom stereocenters. The largest absolute Gasteiger partial charge is 0.338 e. The van der Waals surface area contributed by atoms with E-state index in [9.17, 15) is 4.79 Å². The number of nitrogens with zero attached hydrogens (tertiary/aromatic N) is 2. The van der Waals surface area contributed by atoms with Gasteiger partial charge in [-0.3, -0.25) is 4.79 Å². The molecule has 3 rings (SSSR count). The van der Waals surface area contributed by atoms with Gasteiger partial charge in [0, 0.05) is 5.56 Å². The zero-order chi connectivity index (χ0) is 16.8. The van der Waals surface area contributed by atoms with Gasteiger partial charge in [-0.1, -0.05) is 78.4 Å². The lowest BCUT2D eigenvalue weighted by molar-refractivity contribution is 0.102. The highest BCUT2D eigenvalue weighted by Crippen LogP contribution is 2.17. The minimum absolute atomic E-state index is 0.0667. The quantitative estimate of drug-likeness (QED) is 0.477. The second kappa shape index (κ2) is 7.93. The predicted molar refractivity (Wildman–Crippen MR) is 94.4 cm³/mol. The van der Waals surface area contributed by atoms with Gasteiger partial charge in [0.25, 0.3) is 0 Å². The lowest BCUT2D eigenvalue weighted by atomic mass is 10.1. The van der Waals surface area contributed by atoms with Crippen molar-refractivity contribution >= 4 is 17.5 Å². The molecule has 0 aliphatic heterocycles. The van der Waals surface area contributed by atoms with Gasteiger partial charge in [0.1, 0.15) is 0 Å². The average molecular weight is 338 g/mol. The highest BCUT2D eigenvalue weighted by Gasteiger charge is 2.11. The monoisotopic (exact) mass is 338 g/mol. The highest BCUT2D eigenvalue weighted by atomic mass is 32.2. The average Bonchev–Trinajstić information content (AvgIpc) is 3.08. The molecule has 1 aromatic heterocycles. The summed E-state index contributed by atoms with van der Waals surface area (Å²) in [7, 11) is 0. The van der Waals surface area contributed by atoms with Crippen molar-refractivity contribution in [2.24, 2.45) is 0 Å². The maximum Gasteiger partial charge on any atom is 0.231 e. The van der Waals surface area contributed by atoms with E-state index >= 15 is 0 Å². The Bertz CT molecular complexity index is 798. The first-order chi connectivity index (χ1) is 11.7. The van der Waals surface area contributed by atoms with Gasteiger partial charge < -0.3 is 4.52 Å². The smallest absolute Gasteiger partial charge is 0.231 e. The van der Waals surface area contributed by atoms with E-state index in [1.54, 1.807) is 0 Å². The summed E-state index contributed by atoms with van der Waals surface area (Å²) in [6.07, 6.45) is 1.57. The summed E-state index contributed by atoms with van der Waals surface area (Å²) < 4.78 is 5.24. The summed E-state index contributed by atoms with van der Waals surface area (Å²) in [5, 5.41) is 4.43. The van der Waals surface area contributed by atoms with Crippen LogP contribution in [0.2, 0.25) is 0 Å². The Kier molecular flexibility index (Phi) is 5.43. The molecule has 0 radical (unpaired) electrons. The van der Waals surface area contributed by atoms with Gasteiger partial charge in [0.15, 0.2) is 5.78 Å². The standard InChI is InChI=1S/C19H18N2O2S/c1-2-14-8-10-16(11-9-14)17(22)13-24-19-20-18(23-21-19)12-15-6-4-3-5-7-15/h3-11H,2,12-13H2,1H3. The number of hydrogen-bond donors (Lipinski definition) is 0. The third kappa shape index (κ3) is 4.32. The Morgan fingerprint density at radius 2 is 1.79 bits per heavy atom. The van der Waals surface area contributed by atoms with Gasteiger partial charge in [-0.2, -0.15) is 4.98 Å². The molecule has 0 unspecified atom stereocenters. The third-order valence-corrected chi connectivity index (χ3v) is 4.49. The van der Waals surface area contributed by atoms with Crippen LogP contribution in [0.25, 0.3) is 0 Å². The predicted octanol–water partition coefficient (Wildman–Crippen LogP) is 4.20. The van der Waals surface area contributed by atoms with Crippen molar-refractivity contribution < 1.29 is 9.32 Å². The molecule has 0 saturated carbocycles. The van der Waals surface area contributed by atoms with Crippen LogP contribution in [-0.4, -0.2) is 21.7 Å². The van der Waals surface area contributed by atoms with Crippen LogP contribution in [0.4, 0.5) is 0 Å².